The third-order valence-corrected chi connectivity index (χ3v) is 4.19. The maximum absolute atomic E-state index is 5.73. The van der Waals surface area contributed by atoms with Gasteiger partial charge < -0.3 is 4.74 Å². The van der Waals surface area contributed by atoms with Gasteiger partial charge in [0.2, 0.25) is 0 Å². The molecular formula is C14H20N2O. The van der Waals surface area contributed by atoms with Crippen LogP contribution in [0, 0.1) is 11.8 Å². The second-order valence-corrected chi connectivity index (χ2v) is 5.23. The molecule has 4 unspecified atom stereocenters. The van der Waals surface area contributed by atoms with Crippen molar-refractivity contribution in [1.29, 1.82) is 0 Å². The summed E-state index contributed by atoms with van der Waals surface area (Å²) in [5.41, 5.74) is 4.48. The fourth-order valence-corrected chi connectivity index (χ4v) is 3.14. The monoisotopic (exact) mass is 232 g/mol. The van der Waals surface area contributed by atoms with E-state index in [1.807, 2.05) is 0 Å². The highest BCUT2D eigenvalue weighted by Crippen LogP contribution is 2.51. The summed E-state index contributed by atoms with van der Waals surface area (Å²) in [7, 11) is 0. The Bertz CT molecular complexity index is 362. The molecule has 3 rings (SSSR count). The average molecular weight is 232 g/mol. The summed E-state index contributed by atoms with van der Waals surface area (Å²) in [6.45, 7) is 1.76. The molecule has 1 aromatic rings. The van der Waals surface area contributed by atoms with Crippen LogP contribution in [-0.4, -0.2) is 19.3 Å². The zero-order valence-corrected chi connectivity index (χ0v) is 10.0. The summed E-state index contributed by atoms with van der Waals surface area (Å²) >= 11 is 0. The topological polar surface area (TPSA) is 47.3 Å². The summed E-state index contributed by atoms with van der Waals surface area (Å²) in [6, 6.07) is 11.2. The van der Waals surface area contributed by atoms with Gasteiger partial charge in [-0.25, -0.2) is 0 Å². The number of benzene rings is 1. The first-order chi connectivity index (χ1) is 8.40. The van der Waals surface area contributed by atoms with Crippen molar-refractivity contribution in [2.45, 2.75) is 24.8 Å². The van der Waals surface area contributed by atoms with Crippen molar-refractivity contribution in [3.8, 4) is 0 Å². The Balaban J connectivity index is 1.66. The fraction of sp³-hybridized carbons (Fsp3) is 0.571. The predicted molar refractivity (Wildman–Crippen MR) is 67.3 cm³/mol. The molecule has 2 fully saturated rings. The van der Waals surface area contributed by atoms with E-state index in [4.69, 9.17) is 10.6 Å². The molecule has 3 N–H and O–H groups in total. The average Bonchev–Trinajstić information content (AvgIpc) is 2.97. The quantitative estimate of drug-likeness (QED) is 0.613. The van der Waals surface area contributed by atoms with Crippen molar-refractivity contribution < 1.29 is 4.74 Å². The molecule has 1 aliphatic carbocycles. The minimum atomic E-state index is 0.419. The van der Waals surface area contributed by atoms with Gasteiger partial charge in [-0.2, -0.15) is 0 Å². The molecule has 1 saturated carbocycles. The van der Waals surface area contributed by atoms with E-state index >= 15 is 0 Å². The highest BCUT2D eigenvalue weighted by molar-refractivity contribution is 5.26. The second kappa shape index (κ2) is 4.77. The van der Waals surface area contributed by atoms with Gasteiger partial charge in [-0.1, -0.05) is 30.3 Å². The zero-order valence-electron chi connectivity index (χ0n) is 10.0. The Hall–Kier alpha value is -0.900. The lowest BCUT2D eigenvalue weighted by Crippen LogP contribution is -2.43. The van der Waals surface area contributed by atoms with Gasteiger partial charge in [-0.05, 0) is 30.2 Å². The Labute approximate surface area is 102 Å². The summed E-state index contributed by atoms with van der Waals surface area (Å²) in [4.78, 5) is 0. The Morgan fingerprint density at radius 2 is 2.12 bits per heavy atom. The highest BCUT2D eigenvalue weighted by Gasteiger charge is 2.46. The van der Waals surface area contributed by atoms with Gasteiger partial charge in [0.25, 0.3) is 0 Å². The standard InChI is InChI=1S/C14H20N2O/c15-16-14(11-6-7-17-9-11)13-8-12(13)10-4-2-1-3-5-10/h1-5,11-14,16H,6-9,15H2. The van der Waals surface area contributed by atoms with E-state index in [1.54, 1.807) is 0 Å². The summed E-state index contributed by atoms with van der Waals surface area (Å²) in [5, 5.41) is 0. The molecule has 0 bridgehead atoms. The molecular weight excluding hydrogens is 212 g/mol. The van der Waals surface area contributed by atoms with E-state index in [2.05, 4.69) is 35.8 Å². The van der Waals surface area contributed by atoms with Crippen LogP contribution in [0.5, 0.6) is 0 Å². The SMILES string of the molecule is NNC(C1CCOC1)C1CC1c1ccccc1. The fourth-order valence-electron chi connectivity index (χ4n) is 3.14. The zero-order chi connectivity index (χ0) is 11.7. The van der Waals surface area contributed by atoms with E-state index in [9.17, 15) is 0 Å². The number of nitrogens with two attached hydrogens (primary N) is 1. The third-order valence-electron chi connectivity index (χ3n) is 4.19. The highest BCUT2D eigenvalue weighted by atomic mass is 16.5. The maximum atomic E-state index is 5.73. The van der Waals surface area contributed by atoms with Crippen LogP contribution >= 0.6 is 0 Å². The van der Waals surface area contributed by atoms with Crippen molar-refractivity contribution >= 4 is 0 Å². The molecule has 4 atom stereocenters. The van der Waals surface area contributed by atoms with Gasteiger partial charge in [0, 0.05) is 18.6 Å². The molecule has 17 heavy (non-hydrogen) atoms. The van der Waals surface area contributed by atoms with Crippen molar-refractivity contribution in [3.05, 3.63) is 35.9 Å². The van der Waals surface area contributed by atoms with Crippen LogP contribution in [0.2, 0.25) is 0 Å². The first-order valence-electron chi connectivity index (χ1n) is 6.49. The maximum Gasteiger partial charge on any atom is 0.0510 e. The Morgan fingerprint density at radius 3 is 2.76 bits per heavy atom. The van der Waals surface area contributed by atoms with Crippen molar-refractivity contribution in [2.24, 2.45) is 17.7 Å². The number of nitrogens with one attached hydrogen (secondary N) is 1. The number of ether oxygens (including phenoxy) is 1. The normalized spacial score (nSPS) is 33.6. The van der Waals surface area contributed by atoms with Crippen LogP contribution in [0.3, 0.4) is 0 Å². The lowest BCUT2D eigenvalue weighted by atomic mass is 9.93. The number of hydrogen-bond donors (Lipinski definition) is 2. The van der Waals surface area contributed by atoms with Gasteiger partial charge in [0.05, 0.1) is 6.61 Å². The lowest BCUT2D eigenvalue weighted by Gasteiger charge is -2.21. The van der Waals surface area contributed by atoms with Crippen LogP contribution in [0.4, 0.5) is 0 Å². The summed E-state index contributed by atoms with van der Waals surface area (Å²) in [5.74, 6) is 7.71. The van der Waals surface area contributed by atoms with Crippen LogP contribution in [0.1, 0.15) is 24.3 Å². The molecule has 0 spiro atoms. The number of hydrogen-bond acceptors (Lipinski definition) is 3. The summed E-state index contributed by atoms with van der Waals surface area (Å²) in [6.07, 6.45) is 2.41. The number of rotatable bonds is 4. The first-order valence-corrected chi connectivity index (χ1v) is 6.49. The molecule has 0 aromatic heterocycles. The van der Waals surface area contributed by atoms with Crippen molar-refractivity contribution in [1.82, 2.24) is 5.43 Å². The molecule has 2 aliphatic rings. The van der Waals surface area contributed by atoms with E-state index in [1.165, 1.54) is 12.0 Å². The minimum absolute atomic E-state index is 0.419. The molecule has 1 saturated heterocycles. The van der Waals surface area contributed by atoms with E-state index in [-0.39, 0.29) is 0 Å². The summed E-state index contributed by atoms with van der Waals surface area (Å²) < 4.78 is 5.46. The van der Waals surface area contributed by atoms with Gasteiger partial charge >= 0.3 is 0 Å². The van der Waals surface area contributed by atoms with E-state index in [0.717, 1.165) is 19.6 Å². The van der Waals surface area contributed by atoms with Crippen molar-refractivity contribution in [3.63, 3.8) is 0 Å². The van der Waals surface area contributed by atoms with Crippen LogP contribution < -0.4 is 11.3 Å². The minimum Gasteiger partial charge on any atom is -0.381 e. The van der Waals surface area contributed by atoms with Gasteiger partial charge in [-0.15, -0.1) is 0 Å². The van der Waals surface area contributed by atoms with Gasteiger partial charge in [-0.3, -0.25) is 11.3 Å². The molecule has 3 heteroatoms. The lowest BCUT2D eigenvalue weighted by molar-refractivity contribution is 0.173. The smallest absolute Gasteiger partial charge is 0.0510 e. The van der Waals surface area contributed by atoms with Gasteiger partial charge in [0.15, 0.2) is 0 Å². The van der Waals surface area contributed by atoms with Crippen LogP contribution in [-0.2, 0) is 4.74 Å². The third kappa shape index (κ3) is 2.23. The molecule has 92 valence electrons. The molecule has 1 heterocycles. The molecule has 0 amide bonds. The molecule has 3 nitrogen and oxygen atoms in total. The van der Waals surface area contributed by atoms with E-state index in [0.29, 0.717) is 23.8 Å². The largest absolute Gasteiger partial charge is 0.381 e. The Morgan fingerprint density at radius 1 is 1.29 bits per heavy atom. The predicted octanol–water partition coefficient (Wildman–Crippen LogP) is 1.66. The van der Waals surface area contributed by atoms with E-state index < -0.39 is 0 Å². The first kappa shape index (κ1) is 11.2. The Kier molecular flexibility index (Phi) is 3.14. The number of hydrazine groups is 1. The van der Waals surface area contributed by atoms with Crippen LogP contribution in [0.25, 0.3) is 0 Å². The molecule has 0 radical (unpaired) electrons. The van der Waals surface area contributed by atoms with Gasteiger partial charge in [0.1, 0.15) is 0 Å². The van der Waals surface area contributed by atoms with Crippen molar-refractivity contribution in [2.75, 3.05) is 13.2 Å². The molecule has 1 aromatic carbocycles. The molecule has 1 aliphatic heterocycles. The van der Waals surface area contributed by atoms with Crippen LogP contribution in [0.15, 0.2) is 30.3 Å². The second-order valence-electron chi connectivity index (χ2n) is 5.23.